The van der Waals surface area contributed by atoms with Crippen LogP contribution in [0.5, 0.6) is 0 Å². The van der Waals surface area contributed by atoms with E-state index in [0.29, 0.717) is 5.70 Å². The van der Waals surface area contributed by atoms with Gasteiger partial charge in [-0.05, 0) is 43.0 Å². The Labute approximate surface area is 136 Å². The number of nitrogens with one attached hydrogen (secondary N) is 1. The van der Waals surface area contributed by atoms with Crippen molar-refractivity contribution >= 4 is 17.8 Å². The second-order valence-electron chi connectivity index (χ2n) is 5.89. The number of aryl methyl sites for hydroxylation is 3. The molecule has 1 aliphatic heterocycles. The molecule has 0 radical (unpaired) electrons. The topological polar surface area (TPSA) is 41.5 Å². The van der Waals surface area contributed by atoms with E-state index in [9.17, 15) is 4.79 Å². The third-order valence-electron chi connectivity index (χ3n) is 3.96. The van der Waals surface area contributed by atoms with Crippen molar-refractivity contribution in [3.8, 4) is 0 Å². The van der Waals surface area contributed by atoms with Crippen LogP contribution in [0.3, 0.4) is 0 Å². The lowest BCUT2D eigenvalue weighted by atomic mass is 10.1. The van der Waals surface area contributed by atoms with E-state index >= 15 is 0 Å². The fraction of sp³-hybridized carbons (Fsp3) is 0.200. The third kappa shape index (κ3) is 3.75. The van der Waals surface area contributed by atoms with Crippen molar-refractivity contribution in [1.29, 1.82) is 0 Å². The van der Waals surface area contributed by atoms with Gasteiger partial charge < -0.3 is 5.32 Å². The molecule has 0 saturated heterocycles. The highest BCUT2D eigenvalue weighted by Gasteiger charge is 2.19. The van der Waals surface area contributed by atoms with Gasteiger partial charge in [0, 0.05) is 6.42 Å². The molecule has 2 aromatic rings. The first-order valence-corrected chi connectivity index (χ1v) is 7.83. The van der Waals surface area contributed by atoms with E-state index in [1.165, 1.54) is 11.1 Å². The van der Waals surface area contributed by atoms with Gasteiger partial charge in [-0.2, -0.15) is 0 Å². The van der Waals surface area contributed by atoms with Crippen LogP contribution in [0, 0.1) is 13.8 Å². The summed E-state index contributed by atoms with van der Waals surface area (Å²) in [6, 6.07) is 16.4. The van der Waals surface area contributed by atoms with E-state index in [-0.39, 0.29) is 5.91 Å². The molecule has 0 spiro atoms. The Bertz CT molecular complexity index is 803. The molecule has 3 heteroatoms. The predicted octanol–water partition coefficient (Wildman–Crippen LogP) is 3.81. The van der Waals surface area contributed by atoms with E-state index < -0.39 is 0 Å². The maximum Gasteiger partial charge on any atom is 0.275 e. The molecule has 0 bridgehead atoms. The number of rotatable bonds is 4. The SMILES string of the molecule is Cc1cccc(CCC2=N/C(=C\c3ccccc3C)C(=O)N2)c1. The molecule has 1 N–H and O–H groups in total. The lowest BCUT2D eigenvalue weighted by Gasteiger charge is -2.02. The molecular formula is C20H20N2O. The Balaban J connectivity index is 1.73. The molecule has 0 atom stereocenters. The number of hydrogen-bond acceptors (Lipinski definition) is 2. The highest BCUT2D eigenvalue weighted by molar-refractivity contribution is 6.14. The summed E-state index contributed by atoms with van der Waals surface area (Å²) < 4.78 is 0. The number of carbonyl (C=O) groups excluding carboxylic acids is 1. The first kappa shape index (κ1) is 15.2. The van der Waals surface area contributed by atoms with Crippen LogP contribution in [0.15, 0.2) is 59.2 Å². The molecule has 23 heavy (non-hydrogen) atoms. The fourth-order valence-corrected chi connectivity index (χ4v) is 2.66. The summed E-state index contributed by atoms with van der Waals surface area (Å²) in [7, 11) is 0. The van der Waals surface area contributed by atoms with Crippen molar-refractivity contribution in [2.45, 2.75) is 26.7 Å². The van der Waals surface area contributed by atoms with Gasteiger partial charge in [-0.1, -0.05) is 54.1 Å². The maximum absolute atomic E-state index is 12.1. The highest BCUT2D eigenvalue weighted by atomic mass is 16.2. The molecule has 0 unspecified atom stereocenters. The van der Waals surface area contributed by atoms with Gasteiger partial charge in [-0.15, -0.1) is 0 Å². The minimum absolute atomic E-state index is 0.118. The van der Waals surface area contributed by atoms with Crippen molar-refractivity contribution in [1.82, 2.24) is 5.32 Å². The fourth-order valence-electron chi connectivity index (χ4n) is 2.66. The Morgan fingerprint density at radius 2 is 1.87 bits per heavy atom. The molecule has 1 aliphatic rings. The van der Waals surface area contributed by atoms with Gasteiger partial charge in [0.2, 0.25) is 0 Å². The highest BCUT2D eigenvalue weighted by Crippen LogP contribution is 2.16. The van der Waals surface area contributed by atoms with Crippen LogP contribution in [0.2, 0.25) is 0 Å². The van der Waals surface area contributed by atoms with Gasteiger partial charge in [0.05, 0.1) is 0 Å². The zero-order chi connectivity index (χ0) is 16.2. The van der Waals surface area contributed by atoms with Gasteiger partial charge >= 0.3 is 0 Å². The predicted molar refractivity (Wildman–Crippen MR) is 94.2 cm³/mol. The molecule has 3 rings (SSSR count). The molecule has 1 heterocycles. The number of aliphatic imine (C=N–C) groups is 1. The van der Waals surface area contributed by atoms with E-state index in [0.717, 1.165) is 29.8 Å². The van der Waals surface area contributed by atoms with E-state index in [4.69, 9.17) is 0 Å². The van der Waals surface area contributed by atoms with Crippen LogP contribution in [0.1, 0.15) is 28.7 Å². The Kier molecular flexibility index (Phi) is 4.38. The van der Waals surface area contributed by atoms with Gasteiger partial charge in [0.25, 0.3) is 5.91 Å². The number of amidine groups is 1. The van der Waals surface area contributed by atoms with Crippen LogP contribution in [0.25, 0.3) is 6.08 Å². The quantitative estimate of drug-likeness (QED) is 0.858. The number of carbonyl (C=O) groups is 1. The minimum Gasteiger partial charge on any atom is -0.309 e. The summed E-state index contributed by atoms with van der Waals surface area (Å²) in [6.45, 7) is 4.11. The average molecular weight is 304 g/mol. The lowest BCUT2D eigenvalue weighted by molar-refractivity contribution is -0.115. The summed E-state index contributed by atoms with van der Waals surface area (Å²) in [5.74, 6) is 0.629. The second-order valence-corrected chi connectivity index (χ2v) is 5.89. The van der Waals surface area contributed by atoms with Gasteiger partial charge in [-0.3, -0.25) is 4.79 Å². The van der Waals surface area contributed by atoms with Crippen LogP contribution in [-0.4, -0.2) is 11.7 Å². The second kappa shape index (κ2) is 6.61. The first-order chi connectivity index (χ1) is 11.1. The summed E-state index contributed by atoms with van der Waals surface area (Å²) in [4.78, 5) is 16.5. The zero-order valence-electron chi connectivity index (χ0n) is 13.5. The van der Waals surface area contributed by atoms with Crippen molar-refractivity contribution in [2.75, 3.05) is 0 Å². The molecule has 1 amide bonds. The molecule has 0 fully saturated rings. The Hall–Kier alpha value is -2.68. The lowest BCUT2D eigenvalue weighted by Crippen LogP contribution is -2.24. The Morgan fingerprint density at radius 1 is 1.04 bits per heavy atom. The van der Waals surface area contributed by atoms with Crippen molar-refractivity contribution in [3.63, 3.8) is 0 Å². The smallest absolute Gasteiger partial charge is 0.275 e. The Morgan fingerprint density at radius 3 is 2.65 bits per heavy atom. The summed E-state index contributed by atoms with van der Waals surface area (Å²) in [5.41, 5.74) is 5.16. The van der Waals surface area contributed by atoms with Gasteiger partial charge in [0.1, 0.15) is 11.5 Å². The van der Waals surface area contributed by atoms with Crippen molar-refractivity contribution in [3.05, 3.63) is 76.5 Å². The van der Waals surface area contributed by atoms with Crippen molar-refractivity contribution in [2.24, 2.45) is 4.99 Å². The van der Waals surface area contributed by atoms with E-state index in [1.807, 2.05) is 37.3 Å². The molecule has 0 aliphatic carbocycles. The number of nitrogens with zero attached hydrogens (tertiary/aromatic N) is 1. The molecular weight excluding hydrogens is 284 g/mol. The normalized spacial score (nSPS) is 15.7. The summed E-state index contributed by atoms with van der Waals surface area (Å²) in [6.07, 6.45) is 3.46. The maximum atomic E-state index is 12.1. The first-order valence-electron chi connectivity index (χ1n) is 7.83. The monoisotopic (exact) mass is 304 g/mol. The number of amides is 1. The minimum atomic E-state index is -0.118. The molecule has 0 saturated carbocycles. The van der Waals surface area contributed by atoms with Gasteiger partial charge in [-0.25, -0.2) is 4.99 Å². The van der Waals surface area contributed by atoms with Crippen molar-refractivity contribution < 1.29 is 4.79 Å². The zero-order valence-corrected chi connectivity index (χ0v) is 13.5. The summed E-state index contributed by atoms with van der Waals surface area (Å²) in [5, 5.41) is 2.87. The van der Waals surface area contributed by atoms with Gasteiger partial charge in [0.15, 0.2) is 0 Å². The standard InChI is InChI=1S/C20H20N2O/c1-14-6-5-8-16(12-14)10-11-19-21-18(20(23)22-19)13-17-9-4-3-7-15(17)2/h3-9,12-13H,10-11H2,1-2H3,(H,21,22,23)/b18-13-. The summed E-state index contributed by atoms with van der Waals surface area (Å²) >= 11 is 0. The molecule has 2 aromatic carbocycles. The number of hydrogen-bond donors (Lipinski definition) is 1. The van der Waals surface area contributed by atoms with E-state index in [1.54, 1.807) is 0 Å². The third-order valence-corrected chi connectivity index (χ3v) is 3.96. The van der Waals surface area contributed by atoms with Crippen LogP contribution in [-0.2, 0) is 11.2 Å². The van der Waals surface area contributed by atoms with Crippen LogP contribution < -0.4 is 5.32 Å². The van der Waals surface area contributed by atoms with E-state index in [2.05, 4.69) is 41.5 Å². The van der Waals surface area contributed by atoms with Crippen LogP contribution >= 0.6 is 0 Å². The largest absolute Gasteiger partial charge is 0.309 e. The number of benzene rings is 2. The average Bonchev–Trinajstić information content (AvgIpc) is 2.88. The molecule has 3 nitrogen and oxygen atoms in total. The molecule has 116 valence electrons. The molecule has 0 aromatic heterocycles. The van der Waals surface area contributed by atoms with Crippen LogP contribution in [0.4, 0.5) is 0 Å².